The molecule has 0 aliphatic heterocycles. The normalized spacial score (nSPS) is 9.86. The molecular formula is C9H8ClFO3. The second-order valence-corrected chi connectivity index (χ2v) is 2.84. The minimum absolute atomic E-state index is 0.0722. The fraction of sp³-hybridized carbons (Fsp3) is 0.222. The van der Waals surface area contributed by atoms with E-state index in [0.717, 1.165) is 6.07 Å². The molecule has 0 saturated heterocycles. The Hall–Kier alpha value is -1.29. The zero-order chi connectivity index (χ0) is 10.6. The molecule has 0 atom stereocenters. The van der Waals surface area contributed by atoms with Crippen LogP contribution < -0.4 is 4.74 Å². The van der Waals surface area contributed by atoms with Crippen LogP contribution in [0.2, 0.25) is 0 Å². The van der Waals surface area contributed by atoms with Gasteiger partial charge in [-0.2, -0.15) is 0 Å². The standard InChI is InChI=1S/C9H8ClFO3/c10-4-5-14-8-6(9(12)13)2-1-3-7(8)11/h1-3H,4-5H2,(H,12,13). The number of hydrogen-bond acceptors (Lipinski definition) is 2. The van der Waals surface area contributed by atoms with Crippen LogP contribution in [-0.4, -0.2) is 23.6 Å². The van der Waals surface area contributed by atoms with Crippen LogP contribution in [0.15, 0.2) is 18.2 Å². The number of carboxylic acids is 1. The quantitative estimate of drug-likeness (QED) is 0.788. The van der Waals surface area contributed by atoms with Crippen molar-refractivity contribution in [2.24, 2.45) is 0 Å². The van der Waals surface area contributed by atoms with Gasteiger partial charge in [0.05, 0.1) is 5.88 Å². The van der Waals surface area contributed by atoms with E-state index in [1.54, 1.807) is 0 Å². The monoisotopic (exact) mass is 218 g/mol. The number of ether oxygens (including phenoxy) is 1. The van der Waals surface area contributed by atoms with Gasteiger partial charge in [-0.15, -0.1) is 11.6 Å². The van der Waals surface area contributed by atoms with Gasteiger partial charge >= 0.3 is 5.97 Å². The van der Waals surface area contributed by atoms with Crippen LogP contribution in [-0.2, 0) is 0 Å². The molecule has 1 N–H and O–H groups in total. The number of rotatable bonds is 4. The SMILES string of the molecule is O=C(O)c1cccc(F)c1OCCCl. The molecule has 0 heterocycles. The first kappa shape index (κ1) is 10.8. The Morgan fingerprint density at radius 1 is 1.57 bits per heavy atom. The number of halogens is 2. The Labute approximate surface area is 85.1 Å². The predicted molar refractivity (Wildman–Crippen MR) is 49.6 cm³/mol. The first-order chi connectivity index (χ1) is 6.66. The topological polar surface area (TPSA) is 46.5 Å². The summed E-state index contributed by atoms with van der Waals surface area (Å²) < 4.78 is 18.0. The van der Waals surface area contributed by atoms with Crippen LogP contribution >= 0.6 is 11.6 Å². The number of aromatic carboxylic acids is 1. The highest BCUT2D eigenvalue weighted by atomic mass is 35.5. The average Bonchev–Trinajstić information content (AvgIpc) is 2.15. The lowest BCUT2D eigenvalue weighted by atomic mass is 10.2. The average molecular weight is 219 g/mol. The highest BCUT2D eigenvalue weighted by Gasteiger charge is 2.14. The maximum Gasteiger partial charge on any atom is 0.339 e. The van der Waals surface area contributed by atoms with Gasteiger partial charge in [-0.05, 0) is 12.1 Å². The Morgan fingerprint density at radius 2 is 2.29 bits per heavy atom. The van der Waals surface area contributed by atoms with Gasteiger partial charge in [0.15, 0.2) is 11.6 Å². The first-order valence-corrected chi connectivity index (χ1v) is 4.41. The van der Waals surface area contributed by atoms with Gasteiger partial charge in [-0.3, -0.25) is 0 Å². The molecule has 0 saturated carbocycles. The molecule has 1 aromatic carbocycles. The van der Waals surface area contributed by atoms with Crippen LogP contribution in [0.1, 0.15) is 10.4 Å². The van der Waals surface area contributed by atoms with Crippen molar-refractivity contribution < 1.29 is 19.0 Å². The summed E-state index contributed by atoms with van der Waals surface area (Å²) in [4.78, 5) is 10.7. The molecule has 0 aromatic heterocycles. The molecule has 0 spiro atoms. The number of hydrogen-bond donors (Lipinski definition) is 1. The minimum atomic E-state index is -1.23. The molecule has 5 heteroatoms. The van der Waals surface area contributed by atoms with Gasteiger partial charge in [0.1, 0.15) is 12.2 Å². The zero-order valence-corrected chi connectivity index (χ0v) is 7.92. The third kappa shape index (κ3) is 2.35. The maximum absolute atomic E-state index is 13.1. The van der Waals surface area contributed by atoms with E-state index in [4.69, 9.17) is 21.4 Å². The summed E-state index contributed by atoms with van der Waals surface area (Å²) in [6.45, 7) is 0.0722. The third-order valence-electron chi connectivity index (χ3n) is 1.52. The van der Waals surface area contributed by atoms with Crippen molar-refractivity contribution in [2.75, 3.05) is 12.5 Å². The highest BCUT2D eigenvalue weighted by molar-refractivity contribution is 6.18. The summed E-state index contributed by atoms with van der Waals surface area (Å²) >= 11 is 5.34. The Bertz CT molecular complexity index is 341. The van der Waals surface area contributed by atoms with Crippen molar-refractivity contribution in [2.45, 2.75) is 0 Å². The molecule has 14 heavy (non-hydrogen) atoms. The molecule has 1 rings (SSSR count). The van der Waals surface area contributed by atoms with Crippen molar-refractivity contribution in [3.63, 3.8) is 0 Å². The van der Waals surface area contributed by atoms with Gasteiger partial charge < -0.3 is 9.84 Å². The van der Waals surface area contributed by atoms with Crippen LogP contribution in [0.4, 0.5) is 4.39 Å². The fourth-order valence-electron chi connectivity index (χ4n) is 0.965. The van der Waals surface area contributed by atoms with E-state index in [0.29, 0.717) is 0 Å². The van der Waals surface area contributed by atoms with E-state index in [1.807, 2.05) is 0 Å². The molecule has 76 valence electrons. The summed E-state index contributed by atoms with van der Waals surface area (Å²) in [5.74, 6) is -2.02. The molecule has 0 unspecified atom stereocenters. The summed E-state index contributed by atoms with van der Waals surface area (Å²) in [7, 11) is 0. The highest BCUT2D eigenvalue weighted by Crippen LogP contribution is 2.22. The lowest BCUT2D eigenvalue weighted by Crippen LogP contribution is -2.06. The van der Waals surface area contributed by atoms with E-state index in [1.165, 1.54) is 12.1 Å². The predicted octanol–water partition coefficient (Wildman–Crippen LogP) is 2.14. The van der Waals surface area contributed by atoms with Gasteiger partial charge in [-0.25, -0.2) is 9.18 Å². The molecule has 1 aromatic rings. The zero-order valence-electron chi connectivity index (χ0n) is 7.17. The van der Waals surface area contributed by atoms with E-state index < -0.39 is 11.8 Å². The van der Waals surface area contributed by atoms with E-state index >= 15 is 0 Å². The smallest absolute Gasteiger partial charge is 0.339 e. The third-order valence-corrected chi connectivity index (χ3v) is 1.68. The molecule has 3 nitrogen and oxygen atoms in total. The summed E-state index contributed by atoms with van der Waals surface area (Å²) in [6.07, 6.45) is 0. The van der Waals surface area contributed by atoms with Crippen LogP contribution in [0.25, 0.3) is 0 Å². The molecule has 0 amide bonds. The van der Waals surface area contributed by atoms with Gasteiger partial charge in [0.2, 0.25) is 0 Å². The Morgan fingerprint density at radius 3 is 2.86 bits per heavy atom. The molecule has 0 fully saturated rings. The second kappa shape index (κ2) is 4.81. The summed E-state index contributed by atoms with van der Waals surface area (Å²) in [5.41, 5.74) is -0.199. The first-order valence-electron chi connectivity index (χ1n) is 3.87. The van der Waals surface area contributed by atoms with Crippen molar-refractivity contribution in [3.8, 4) is 5.75 Å². The maximum atomic E-state index is 13.1. The summed E-state index contributed by atoms with van der Waals surface area (Å²) in [6, 6.07) is 3.72. The lowest BCUT2D eigenvalue weighted by Gasteiger charge is -2.07. The number of para-hydroxylation sites is 1. The second-order valence-electron chi connectivity index (χ2n) is 2.46. The van der Waals surface area contributed by atoms with Crippen molar-refractivity contribution >= 4 is 17.6 Å². The van der Waals surface area contributed by atoms with Gasteiger partial charge in [0, 0.05) is 0 Å². The number of carboxylic acid groups (broad SMARTS) is 1. The largest absolute Gasteiger partial charge is 0.488 e. The molecule has 0 aliphatic carbocycles. The van der Waals surface area contributed by atoms with Gasteiger partial charge in [0.25, 0.3) is 0 Å². The minimum Gasteiger partial charge on any atom is -0.488 e. The molecule has 0 radical (unpaired) electrons. The van der Waals surface area contributed by atoms with Gasteiger partial charge in [-0.1, -0.05) is 6.07 Å². The Kier molecular flexibility index (Phi) is 3.71. The number of carbonyl (C=O) groups is 1. The fourth-order valence-corrected chi connectivity index (χ4v) is 1.04. The van der Waals surface area contributed by atoms with Crippen molar-refractivity contribution in [1.29, 1.82) is 0 Å². The van der Waals surface area contributed by atoms with Crippen LogP contribution in [0.3, 0.4) is 0 Å². The van der Waals surface area contributed by atoms with E-state index in [9.17, 15) is 9.18 Å². The molecule has 0 bridgehead atoms. The summed E-state index contributed by atoms with van der Waals surface area (Å²) in [5, 5.41) is 8.71. The van der Waals surface area contributed by atoms with Crippen molar-refractivity contribution in [1.82, 2.24) is 0 Å². The number of benzene rings is 1. The lowest BCUT2D eigenvalue weighted by molar-refractivity contribution is 0.0691. The molecular weight excluding hydrogens is 211 g/mol. The number of alkyl halides is 1. The van der Waals surface area contributed by atoms with Crippen LogP contribution in [0, 0.1) is 5.82 Å². The van der Waals surface area contributed by atoms with Crippen molar-refractivity contribution in [3.05, 3.63) is 29.6 Å². The molecule has 0 aliphatic rings. The van der Waals surface area contributed by atoms with E-state index in [2.05, 4.69) is 0 Å². The Balaban J connectivity index is 3.02. The van der Waals surface area contributed by atoms with Crippen LogP contribution in [0.5, 0.6) is 5.75 Å². The van der Waals surface area contributed by atoms with E-state index in [-0.39, 0.29) is 23.8 Å².